The van der Waals surface area contributed by atoms with E-state index in [1.807, 2.05) is 12.1 Å². The summed E-state index contributed by atoms with van der Waals surface area (Å²) < 4.78 is 5.77. The Hall–Kier alpha value is -3.70. The van der Waals surface area contributed by atoms with Crippen molar-refractivity contribution in [3.05, 3.63) is 118 Å². The molecule has 0 bridgehead atoms. The molecular formula is C27H24N2O3. The van der Waals surface area contributed by atoms with Crippen molar-refractivity contribution >= 4 is 16.9 Å². The van der Waals surface area contributed by atoms with Crippen LogP contribution in [0.2, 0.25) is 0 Å². The summed E-state index contributed by atoms with van der Waals surface area (Å²) >= 11 is 0. The van der Waals surface area contributed by atoms with E-state index in [0.717, 1.165) is 13.1 Å². The molecule has 1 aliphatic rings. The summed E-state index contributed by atoms with van der Waals surface area (Å²) in [6.45, 7) is 2.62. The number of amides is 1. The Morgan fingerprint density at radius 2 is 1.31 bits per heavy atom. The molecule has 5 heteroatoms. The van der Waals surface area contributed by atoms with Gasteiger partial charge in [0.05, 0.1) is 11.4 Å². The van der Waals surface area contributed by atoms with E-state index in [4.69, 9.17) is 4.42 Å². The molecular weight excluding hydrogens is 400 g/mol. The number of carbonyl (C=O) groups excluding carboxylic acids is 1. The van der Waals surface area contributed by atoms with Gasteiger partial charge >= 0.3 is 0 Å². The molecule has 3 aromatic carbocycles. The Morgan fingerprint density at radius 3 is 1.94 bits per heavy atom. The van der Waals surface area contributed by atoms with E-state index in [1.54, 1.807) is 29.2 Å². The zero-order valence-electron chi connectivity index (χ0n) is 17.7. The molecule has 0 spiro atoms. The van der Waals surface area contributed by atoms with Crippen molar-refractivity contribution in [1.82, 2.24) is 9.80 Å². The summed E-state index contributed by atoms with van der Waals surface area (Å²) in [5.41, 5.74) is 2.72. The Labute approximate surface area is 186 Å². The van der Waals surface area contributed by atoms with E-state index in [0.29, 0.717) is 24.1 Å². The molecule has 1 saturated heterocycles. The third-order valence-electron chi connectivity index (χ3n) is 6.04. The number of para-hydroxylation sites is 1. The zero-order chi connectivity index (χ0) is 21.9. The van der Waals surface area contributed by atoms with Gasteiger partial charge in [0.15, 0.2) is 11.2 Å². The predicted molar refractivity (Wildman–Crippen MR) is 125 cm³/mol. The monoisotopic (exact) mass is 424 g/mol. The molecule has 0 N–H and O–H groups in total. The van der Waals surface area contributed by atoms with Crippen LogP contribution in [0.5, 0.6) is 0 Å². The van der Waals surface area contributed by atoms with Gasteiger partial charge in [-0.05, 0) is 23.3 Å². The van der Waals surface area contributed by atoms with Gasteiger partial charge in [-0.1, -0.05) is 72.8 Å². The number of rotatable bonds is 4. The molecule has 160 valence electrons. The molecule has 1 amide bonds. The SMILES string of the molecule is O=C(c1cc(=O)c2ccccc2o1)N1CCN(C(c2ccccc2)c2ccccc2)CC1. The van der Waals surface area contributed by atoms with E-state index in [-0.39, 0.29) is 23.1 Å². The van der Waals surface area contributed by atoms with Crippen LogP contribution in [0, 0.1) is 0 Å². The van der Waals surface area contributed by atoms with Crippen molar-refractivity contribution in [2.45, 2.75) is 6.04 Å². The summed E-state index contributed by atoms with van der Waals surface area (Å²) in [6, 6.07) is 29.4. The van der Waals surface area contributed by atoms with Gasteiger partial charge in [-0.25, -0.2) is 0 Å². The fraction of sp³-hybridized carbons (Fsp3) is 0.185. The molecule has 5 nitrogen and oxygen atoms in total. The molecule has 0 unspecified atom stereocenters. The highest BCUT2D eigenvalue weighted by atomic mass is 16.3. The topological polar surface area (TPSA) is 53.8 Å². The molecule has 1 aromatic heterocycles. The van der Waals surface area contributed by atoms with Crippen LogP contribution in [-0.2, 0) is 0 Å². The lowest BCUT2D eigenvalue weighted by atomic mass is 9.96. The lowest BCUT2D eigenvalue weighted by Crippen LogP contribution is -2.50. The van der Waals surface area contributed by atoms with Crippen molar-refractivity contribution in [3.63, 3.8) is 0 Å². The lowest BCUT2D eigenvalue weighted by Gasteiger charge is -2.39. The van der Waals surface area contributed by atoms with Crippen LogP contribution >= 0.6 is 0 Å². The van der Waals surface area contributed by atoms with Crippen LogP contribution in [0.4, 0.5) is 0 Å². The largest absolute Gasteiger partial charge is 0.451 e. The molecule has 2 heterocycles. The van der Waals surface area contributed by atoms with Crippen LogP contribution in [0.15, 0.2) is 100 Å². The number of piperazine rings is 1. The van der Waals surface area contributed by atoms with Crippen LogP contribution in [0.1, 0.15) is 27.7 Å². The number of fused-ring (bicyclic) bond motifs is 1. The van der Waals surface area contributed by atoms with Crippen LogP contribution in [-0.4, -0.2) is 41.9 Å². The maximum atomic E-state index is 13.1. The van der Waals surface area contributed by atoms with Gasteiger partial charge in [0.1, 0.15) is 5.58 Å². The molecule has 0 saturated carbocycles. The van der Waals surface area contributed by atoms with Crippen LogP contribution in [0.25, 0.3) is 11.0 Å². The first-order valence-electron chi connectivity index (χ1n) is 10.9. The molecule has 0 atom stereocenters. The van der Waals surface area contributed by atoms with Gasteiger partial charge < -0.3 is 9.32 Å². The second kappa shape index (κ2) is 8.81. The van der Waals surface area contributed by atoms with E-state index in [1.165, 1.54) is 17.2 Å². The number of benzene rings is 3. The molecule has 1 fully saturated rings. The predicted octanol–water partition coefficient (Wildman–Crippen LogP) is 4.34. The number of hydrogen-bond acceptors (Lipinski definition) is 4. The average molecular weight is 425 g/mol. The van der Waals surface area contributed by atoms with Crippen molar-refractivity contribution in [1.29, 1.82) is 0 Å². The highest BCUT2D eigenvalue weighted by Gasteiger charge is 2.29. The zero-order valence-corrected chi connectivity index (χ0v) is 17.7. The van der Waals surface area contributed by atoms with Crippen LogP contribution < -0.4 is 5.43 Å². The minimum atomic E-state index is -0.233. The standard InChI is InChI=1S/C27H24N2O3/c30-23-19-25(32-24-14-8-7-13-22(23)24)27(31)29-17-15-28(16-18-29)26(20-9-3-1-4-10-20)21-11-5-2-6-12-21/h1-14,19,26H,15-18H2. The third-order valence-corrected chi connectivity index (χ3v) is 6.04. The first-order valence-corrected chi connectivity index (χ1v) is 10.9. The second-order valence-electron chi connectivity index (χ2n) is 8.02. The van der Waals surface area contributed by atoms with E-state index < -0.39 is 0 Å². The summed E-state index contributed by atoms with van der Waals surface area (Å²) in [7, 11) is 0. The summed E-state index contributed by atoms with van der Waals surface area (Å²) in [6.07, 6.45) is 0. The Balaban J connectivity index is 1.36. The van der Waals surface area contributed by atoms with Crippen molar-refractivity contribution in [3.8, 4) is 0 Å². The molecule has 32 heavy (non-hydrogen) atoms. The molecule has 0 aliphatic carbocycles. The first-order chi connectivity index (χ1) is 15.7. The van der Waals surface area contributed by atoms with Crippen molar-refractivity contribution < 1.29 is 9.21 Å². The van der Waals surface area contributed by atoms with E-state index >= 15 is 0 Å². The maximum Gasteiger partial charge on any atom is 0.289 e. The highest BCUT2D eigenvalue weighted by molar-refractivity contribution is 5.93. The van der Waals surface area contributed by atoms with E-state index in [2.05, 4.69) is 53.4 Å². The summed E-state index contributed by atoms with van der Waals surface area (Å²) in [4.78, 5) is 29.7. The summed E-state index contributed by atoms with van der Waals surface area (Å²) in [5.74, 6) is -0.131. The van der Waals surface area contributed by atoms with Crippen molar-refractivity contribution in [2.75, 3.05) is 26.2 Å². The quantitative estimate of drug-likeness (QED) is 0.489. The second-order valence-corrected chi connectivity index (χ2v) is 8.02. The van der Waals surface area contributed by atoms with Gasteiger partial charge in [-0.2, -0.15) is 0 Å². The minimum Gasteiger partial charge on any atom is -0.451 e. The lowest BCUT2D eigenvalue weighted by molar-refractivity contribution is 0.0568. The van der Waals surface area contributed by atoms with Gasteiger partial charge in [0.25, 0.3) is 5.91 Å². The molecule has 0 radical (unpaired) electrons. The number of nitrogens with zero attached hydrogens (tertiary/aromatic N) is 2. The fourth-order valence-electron chi connectivity index (χ4n) is 4.43. The normalized spacial score (nSPS) is 14.7. The third kappa shape index (κ3) is 3.95. The molecule has 5 rings (SSSR count). The Bertz CT molecular complexity index is 1240. The van der Waals surface area contributed by atoms with E-state index in [9.17, 15) is 9.59 Å². The van der Waals surface area contributed by atoms with Crippen molar-refractivity contribution in [2.24, 2.45) is 0 Å². The minimum absolute atomic E-state index is 0.102. The average Bonchev–Trinajstić information content (AvgIpc) is 2.85. The Kier molecular flexibility index (Phi) is 5.57. The van der Waals surface area contributed by atoms with Gasteiger partial charge in [-0.15, -0.1) is 0 Å². The number of carbonyl (C=O) groups is 1. The van der Waals surface area contributed by atoms with Crippen LogP contribution in [0.3, 0.4) is 0 Å². The fourth-order valence-corrected chi connectivity index (χ4v) is 4.43. The number of hydrogen-bond donors (Lipinski definition) is 0. The highest BCUT2D eigenvalue weighted by Crippen LogP contribution is 2.29. The first kappa shape index (κ1) is 20.2. The molecule has 1 aliphatic heterocycles. The smallest absolute Gasteiger partial charge is 0.289 e. The van der Waals surface area contributed by atoms with Gasteiger partial charge in [0.2, 0.25) is 0 Å². The Morgan fingerprint density at radius 1 is 0.750 bits per heavy atom. The molecule has 4 aromatic rings. The maximum absolute atomic E-state index is 13.1. The van der Waals surface area contributed by atoms with Gasteiger partial charge in [0, 0.05) is 32.2 Å². The van der Waals surface area contributed by atoms with Gasteiger partial charge in [-0.3, -0.25) is 14.5 Å². The summed E-state index contributed by atoms with van der Waals surface area (Å²) in [5, 5.41) is 0.488.